The molecule has 1 aromatic carbocycles. The number of nitriles is 1. The van der Waals surface area contributed by atoms with Crippen LogP contribution in [0.25, 0.3) is 0 Å². The minimum Gasteiger partial charge on any atom is -0.490 e. The molecular formula is C14H15N3O4. The third-order valence-electron chi connectivity index (χ3n) is 3.54. The average Bonchev–Trinajstić information content (AvgIpc) is 2.53. The molecule has 0 N–H and O–H groups in total. The van der Waals surface area contributed by atoms with Crippen LogP contribution in [-0.2, 0) is 0 Å². The molecular weight excluding hydrogens is 274 g/mol. The third kappa shape index (κ3) is 2.94. The highest BCUT2D eigenvalue weighted by atomic mass is 16.6. The van der Waals surface area contributed by atoms with Crippen LogP contribution < -0.4 is 4.74 Å². The van der Waals surface area contributed by atoms with Crippen molar-refractivity contribution in [1.29, 1.82) is 5.26 Å². The second kappa shape index (κ2) is 6.22. The minimum atomic E-state index is -0.590. The summed E-state index contributed by atoms with van der Waals surface area (Å²) in [5, 5.41) is 20.1. The molecule has 0 aromatic heterocycles. The van der Waals surface area contributed by atoms with Crippen LogP contribution in [0.3, 0.4) is 0 Å². The van der Waals surface area contributed by atoms with Crippen LogP contribution >= 0.6 is 0 Å². The molecule has 1 aliphatic rings. The maximum Gasteiger partial charge on any atom is 0.311 e. The third-order valence-corrected chi connectivity index (χ3v) is 3.54. The van der Waals surface area contributed by atoms with Gasteiger partial charge >= 0.3 is 5.69 Å². The molecule has 1 fully saturated rings. The number of piperidine rings is 1. The van der Waals surface area contributed by atoms with Crippen LogP contribution in [0.5, 0.6) is 5.75 Å². The van der Waals surface area contributed by atoms with E-state index in [0.717, 1.165) is 12.8 Å². The molecule has 1 unspecified atom stereocenters. The van der Waals surface area contributed by atoms with Crippen LogP contribution in [0.1, 0.15) is 29.6 Å². The SMILES string of the molecule is COc1ccc(C(=O)N2CCCCC2C#N)cc1[N+](=O)[O-]. The fourth-order valence-corrected chi connectivity index (χ4v) is 2.44. The highest BCUT2D eigenvalue weighted by Crippen LogP contribution is 2.29. The lowest BCUT2D eigenvalue weighted by Gasteiger charge is -2.31. The molecule has 7 heteroatoms. The van der Waals surface area contributed by atoms with Crippen LogP contribution in [-0.4, -0.2) is 35.4 Å². The van der Waals surface area contributed by atoms with Crippen LogP contribution in [0, 0.1) is 21.4 Å². The molecule has 0 spiro atoms. The first kappa shape index (κ1) is 14.8. The van der Waals surface area contributed by atoms with E-state index in [1.54, 1.807) is 0 Å². The van der Waals surface area contributed by atoms with E-state index in [1.165, 1.54) is 30.2 Å². The van der Waals surface area contributed by atoms with E-state index in [2.05, 4.69) is 6.07 Å². The van der Waals surface area contributed by atoms with Gasteiger partial charge in [0.2, 0.25) is 0 Å². The smallest absolute Gasteiger partial charge is 0.311 e. The van der Waals surface area contributed by atoms with Gasteiger partial charge in [0.05, 0.1) is 18.1 Å². The lowest BCUT2D eigenvalue weighted by molar-refractivity contribution is -0.385. The first-order chi connectivity index (χ1) is 10.1. The normalized spacial score (nSPS) is 17.9. The summed E-state index contributed by atoms with van der Waals surface area (Å²) in [7, 11) is 1.33. The van der Waals surface area contributed by atoms with Crippen LogP contribution in [0.2, 0.25) is 0 Å². The zero-order valence-electron chi connectivity index (χ0n) is 11.6. The van der Waals surface area contributed by atoms with E-state index < -0.39 is 11.0 Å². The summed E-state index contributed by atoms with van der Waals surface area (Å²) >= 11 is 0. The Kier molecular flexibility index (Phi) is 4.38. The maximum absolute atomic E-state index is 12.5. The lowest BCUT2D eigenvalue weighted by atomic mass is 10.0. The molecule has 110 valence electrons. The van der Waals surface area contributed by atoms with Gasteiger partial charge in [0.1, 0.15) is 6.04 Å². The summed E-state index contributed by atoms with van der Waals surface area (Å²) in [4.78, 5) is 24.3. The first-order valence-electron chi connectivity index (χ1n) is 6.61. The van der Waals surface area contributed by atoms with Crippen molar-refractivity contribution in [2.75, 3.05) is 13.7 Å². The second-order valence-electron chi connectivity index (χ2n) is 4.78. The van der Waals surface area contributed by atoms with E-state index in [9.17, 15) is 14.9 Å². The van der Waals surface area contributed by atoms with E-state index in [0.29, 0.717) is 13.0 Å². The van der Waals surface area contributed by atoms with Gasteiger partial charge < -0.3 is 9.64 Å². The zero-order valence-corrected chi connectivity index (χ0v) is 11.6. The Morgan fingerprint density at radius 3 is 2.90 bits per heavy atom. The standard InChI is InChI=1S/C14H15N3O4/c1-21-13-6-5-10(8-12(13)17(19)20)14(18)16-7-3-2-4-11(16)9-15/h5-6,8,11H,2-4,7H2,1H3. The monoisotopic (exact) mass is 289 g/mol. The predicted octanol–water partition coefficient (Wildman–Crippen LogP) is 2.12. The Hall–Kier alpha value is -2.62. The molecule has 7 nitrogen and oxygen atoms in total. The van der Waals surface area contributed by atoms with Crippen LogP contribution in [0.15, 0.2) is 18.2 Å². The number of nitro benzene ring substituents is 1. The molecule has 0 radical (unpaired) electrons. The number of likely N-dealkylation sites (tertiary alicyclic amines) is 1. The predicted molar refractivity (Wildman–Crippen MR) is 73.9 cm³/mol. The minimum absolute atomic E-state index is 0.104. The number of benzene rings is 1. The summed E-state index contributed by atoms with van der Waals surface area (Å²) in [5.74, 6) is -0.251. The van der Waals surface area contributed by atoms with Gasteiger partial charge in [-0.2, -0.15) is 5.26 Å². The van der Waals surface area contributed by atoms with Crippen molar-refractivity contribution in [2.45, 2.75) is 25.3 Å². The maximum atomic E-state index is 12.5. The molecule has 1 atom stereocenters. The van der Waals surface area contributed by atoms with Gasteiger partial charge in [-0.15, -0.1) is 0 Å². The molecule has 1 heterocycles. The van der Waals surface area contributed by atoms with E-state index >= 15 is 0 Å². The quantitative estimate of drug-likeness (QED) is 0.627. The number of amides is 1. The Morgan fingerprint density at radius 1 is 1.52 bits per heavy atom. The van der Waals surface area contributed by atoms with E-state index in [1.807, 2.05) is 0 Å². The molecule has 1 amide bonds. The molecule has 0 aliphatic carbocycles. The fraction of sp³-hybridized carbons (Fsp3) is 0.429. The van der Waals surface area contributed by atoms with Crippen molar-refractivity contribution in [1.82, 2.24) is 4.90 Å². The summed E-state index contributed by atoms with van der Waals surface area (Å²) in [6, 6.07) is 5.73. The molecule has 2 rings (SSSR count). The highest BCUT2D eigenvalue weighted by Gasteiger charge is 2.28. The van der Waals surface area contributed by atoms with Gasteiger partial charge in [-0.25, -0.2) is 0 Å². The fourth-order valence-electron chi connectivity index (χ4n) is 2.44. The number of hydrogen-bond acceptors (Lipinski definition) is 5. The first-order valence-corrected chi connectivity index (χ1v) is 6.61. The number of carbonyl (C=O) groups is 1. The summed E-state index contributed by atoms with van der Waals surface area (Å²) in [5.41, 5.74) is -0.0569. The van der Waals surface area contributed by atoms with Crippen molar-refractivity contribution < 1.29 is 14.5 Å². The number of methoxy groups -OCH3 is 1. The molecule has 21 heavy (non-hydrogen) atoms. The average molecular weight is 289 g/mol. The van der Waals surface area contributed by atoms with Gasteiger partial charge in [-0.3, -0.25) is 14.9 Å². The van der Waals surface area contributed by atoms with Gasteiger partial charge in [0.25, 0.3) is 5.91 Å². The summed E-state index contributed by atoms with van der Waals surface area (Å²) < 4.78 is 4.91. The molecule has 1 saturated heterocycles. The molecule has 0 bridgehead atoms. The van der Waals surface area contributed by atoms with Crippen molar-refractivity contribution in [2.24, 2.45) is 0 Å². The summed E-state index contributed by atoms with van der Waals surface area (Å²) in [6.45, 7) is 0.497. The Morgan fingerprint density at radius 2 is 2.29 bits per heavy atom. The number of rotatable bonds is 3. The van der Waals surface area contributed by atoms with Gasteiger partial charge in [-0.1, -0.05) is 0 Å². The van der Waals surface area contributed by atoms with Crippen molar-refractivity contribution in [3.63, 3.8) is 0 Å². The molecule has 1 aromatic rings. The van der Waals surface area contributed by atoms with Crippen molar-refractivity contribution in [3.8, 4) is 11.8 Å². The van der Waals surface area contributed by atoms with Gasteiger partial charge in [0, 0.05) is 18.2 Å². The molecule has 1 aliphatic heterocycles. The largest absolute Gasteiger partial charge is 0.490 e. The van der Waals surface area contributed by atoms with Crippen LogP contribution in [0.4, 0.5) is 5.69 Å². The summed E-state index contributed by atoms with van der Waals surface area (Å²) in [6.07, 6.45) is 2.38. The van der Waals surface area contributed by atoms with Gasteiger partial charge in [-0.05, 0) is 31.4 Å². The number of carbonyl (C=O) groups excluding carboxylic acids is 1. The van der Waals surface area contributed by atoms with Crippen molar-refractivity contribution >= 4 is 11.6 Å². The van der Waals surface area contributed by atoms with E-state index in [4.69, 9.17) is 10.00 Å². The number of ether oxygens (including phenoxy) is 1. The second-order valence-corrected chi connectivity index (χ2v) is 4.78. The van der Waals surface area contributed by atoms with Gasteiger partial charge in [0.15, 0.2) is 5.75 Å². The molecule has 0 saturated carbocycles. The highest BCUT2D eigenvalue weighted by molar-refractivity contribution is 5.95. The topological polar surface area (TPSA) is 96.5 Å². The Labute approximate surface area is 121 Å². The zero-order chi connectivity index (χ0) is 15.4. The Bertz CT molecular complexity index is 609. The lowest BCUT2D eigenvalue weighted by Crippen LogP contribution is -2.42. The number of nitro groups is 1. The Balaban J connectivity index is 2.33. The van der Waals surface area contributed by atoms with Crippen molar-refractivity contribution in [3.05, 3.63) is 33.9 Å². The van der Waals surface area contributed by atoms with E-state index in [-0.39, 0.29) is 22.9 Å². The number of hydrogen-bond donors (Lipinski definition) is 0. The number of nitrogens with zero attached hydrogens (tertiary/aromatic N) is 3.